The molecule has 0 saturated carbocycles. The van der Waals surface area contributed by atoms with Gasteiger partial charge in [-0.3, -0.25) is 4.99 Å². The van der Waals surface area contributed by atoms with Crippen LogP contribution in [-0.4, -0.2) is 63.9 Å². The molecule has 2 heterocycles. The molecule has 0 spiro atoms. The molecule has 2 aromatic heterocycles. The molecule has 0 bridgehead atoms. The van der Waals surface area contributed by atoms with Crippen molar-refractivity contribution in [2.24, 2.45) is 10.7 Å². The third-order valence-corrected chi connectivity index (χ3v) is 6.40. The highest BCUT2D eigenvalue weighted by Crippen LogP contribution is 2.45. The van der Waals surface area contributed by atoms with Crippen LogP contribution >= 0.6 is 11.3 Å². The maximum Gasteiger partial charge on any atom is 0.348 e. The van der Waals surface area contributed by atoms with Gasteiger partial charge in [0.2, 0.25) is 0 Å². The summed E-state index contributed by atoms with van der Waals surface area (Å²) >= 11 is 1.13. The number of carboxylic acids is 1. The van der Waals surface area contributed by atoms with Gasteiger partial charge in [0, 0.05) is 17.6 Å². The summed E-state index contributed by atoms with van der Waals surface area (Å²) < 4.78 is 13.6. The van der Waals surface area contributed by atoms with Gasteiger partial charge >= 0.3 is 5.97 Å². The minimum absolute atomic E-state index is 0. The maximum absolute atomic E-state index is 13.6. The molecule has 9 nitrogen and oxygen atoms in total. The summed E-state index contributed by atoms with van der Waals surface area (Å²) in [5.41, 5.74) is 9.06. The van der Waals surface area contributed by atoms with Crippen molar-refractivity contribution in [3.05, 3.63) is 46.2 Å². The highest BCUT2D eigenvalue weighted by Gasteiger charge is 2.27. The monoisotopic (exact) mass is 506 g/mol. The van der Waals surface area contributed by atoms with Gasteiger partial charge < -0.3 is 31.8 Å². The number of aliphatic hydroxyl groups is 2. The van der Waals surface area contributed by atoms with Gasteiger partial charge in [0.05, 0.1) is 31.3 Å². The molecular weight excluding hydrogens is 475 g/mol. The van der Waals surface area contributed by atoms with Crippen LogP contribution in [0.15, 0.2) is 29.3 Å². The van der Waals surface area contributed by atoms with E-state index in [1.165, 1.54) is 12.1 Å². The van der Waals surface area contributed by atoms with Crippen molar-refractivity contribution in [2.45, 2.75) is 32.6 Å². The SMILES string of the molecule is CC(=NCCO)Nc1c(C(=O)O)sc2nc3c(c(-c4ccc(F)cc4)c12)CCCC3.NCCO.O. The van der Waals surface area contributed by atoms with E-state index in [-0.39, 0.29) is 35.9 Å². The third kappa shape index (κ3) is 6.59. The van der Waals surface area contributed by atoms with Crippen molar-refractivity contribution < 1.29 is 30.0 Å². The number of aliphatic hydroxyl groups excluding tert-OH is 2. The van der Waals surface area contributed by atoms with Gasteiger partial charge in [-0.15, -0.1) is 11.3 Å². The molecular formula is C24H31FN4O5S. The number of fused-ring (bicyclic) bond motifs is 2. The van der Waals surface area contributed by atoms with E-state index in [0.717, 1.165) is 64.8 Å². The fourth-order valence-electron chi connectivity index (χ4n) is 3.93. The van der Waals surface area contributed by atoms with Crippen molar-refractivity contribution in [1.29, 1.82) is 0 Å². The number of nitrogens with one attached hydrogen (secondary N) is 1. The van der Waals surface area contributed by atoms with Crippen LogP contribution in [0.2, 0.25) is 0 Å². The van der Waals surface area contributed by atoms with E-state index in [4.69, 9.17) is 20.9 Å². The number of aryl methyl sites for hydroxylation is 1. The fourth-order valence-corrected chi connectivity index (χ4v) is 4.93. The molecule has 3 aromatic rings. The smallest absolute Gasteiger partial charge is 0.348 e. The predicted molar refractivity (Wildman–Crippen MR) is 137 cm³/mol. The maximum atomic E-state index is 13.6. The molecule has 0 atom stereocenters. The number of carbonyl (C=O) groups is 1. The minimum atomic E-state index is -1.04. The number of hydrogen-bond acceptors (Lipinski definition) is 7. The number of benzene rings is 1. The van der Waals surface area contributed by atoms with E-state index < -0.39 is 5.97 Å². The predicted octanol–water partition coefficient (Wildman–Crippen LogP) is 2.61. The molecule has 35 heavy (non-hydrogen) atoms. The number of hydrogen-bond donors (Lipinski definition) is 5. The topological polar surface area (TPSA) is 173 Å². The molecule has 0 radical (unpaired) electrons. The number of aromatic nitrogens is 1. The standard InChI is InChI=1S/C22H22FN3O3S.C2H7NO.H2O/c1-12(24-10-11-27)25-19-18-17(13-6-8-14(23)9-7-13)15-4-2-3-5-16(15)26-21(18)30-20(19)22(28)29;3-1-2-4;/h6-9,27H,2-5,10-11H2,1H3,(H,24,25)(H,28,29);4H,1-3H2;1H2. The Hall–Kier alpha value is -2.96. The van der Waals surface area contributed by atoms with Crippen molar-refractivity contribution in [3.63, 3.8) is 0 Å². The first-order valence-corrected chi connectivity index (χ1v) is 11.9. The molecule has 0 amide bonds. The highest BCUT2D eigenvalue weighted by molar-refractivity contribution is 7.21. The number of rotatable bonds is 6. The number of nitrogens with two attached hydrogens (primary N) is 1. The van der Waals surface area contributed by atoms with Crippen molar-refractivity contribution in [2.75, 3.05) is 31.6 Å². The van der Waals surface area contributed by atoms with Gasteiger partial charge in [-0.2, -0.15) is 0 Å². The number of carboxylic acid groups (broad SMARTS) is 1. The van der Waals surface area contributed by atoms with Gasteiger partial charge in [-0.05, 0) is 61.4 Å². The second-order valence-electron chi connectivity index (χ2n) is 7.75. The number of pyridine rings is 1. The lowest BCUT2D eigenvalue weighted by Crippen LogP contribution is -2.12. The first-order chi connectivity index (χ1) is 16.4. The first kappa shape index (κ1) is 28.3. The Balaban J connectivity index is 0.000000804. The summed E-state index contributed by atoms with van der Waals surface area (Å²) in [5.74, 6) is -0.854. The number of halogens is 1. The summed E-state index contributed by atoms with van der Waals surface area (Å²) in [6.07, 6.45) is 3.77. The van der Waals surface area contributed by atoms with Crippen LogP contribution in [-0.2, 0) is 12.8 Å². The van der Waals surface area contributed by atoms with E-state index in [1.807, 2.05) is 0 Å². The molecule has 1 aliphatic rings. The van der Waals surface area contributed by atoms with Crippen LogP contribution in [0, 0.1) is 5.82 Å². The van der Waals surface area contributed by atoms with E-state index in [2.05, 4.69) is 10.3 Å². The third-order valence-electron chi connectivity index (χ3n) is 5.33. The van der Waals surface area contributed by atoms with Crippen LogP contribution in [0.5, 0.6) is 0 Å². The van der Waals surface area contributed by atoms with Gasteiger partial charge in [-0.25, -0.2) is 14.2 Å². The summed E-state index contributed by atoms with van der Waals surface area (Å²) in [4.78, 5) is 21.8. The quantitative estimate of drug-likeness (QED) is 0.252. The zero-order valence-corrected chi connectivity index (χ0v) is 20.3. The van der Waals surface area contributed by atoms with Crippen LogP contribution < -0.4 is 11.1 Å². The second kappa shape index (κ2) is 13.2. The second-order valence-corrected chi connectivity index (χ2v) is 8.74. The van der Waals surface area contributed by atoms with E-state index in [1.54, 1.807) is 19.1 Å². The Kier molecular flexibility index (Phi) is 10.7. The molecule has 0 unspecified atom stereocenters. The Morgan fingerprint density at radius 3 is 2.46 bits per heavy atom. The molecule has 4 rings (SSSR count). The molecule has 1 aromatic carbocycles. The Labute approximate surface area is 206 Å². The number of anilines is 1. The van der Waals surface area contributed by atoms with Crippen molar-refractivity contribution in [3.8, 4) is 11.1 Å². The molecule has 0 aliphatic heterocycles. The lowest BCUT2D eigenvalue weighted by Gasteiger charge is -2.20. The van der Waals surface area contributed by atoms with Crippen molar-refractivity contribution >= 4 is 39.0 Å². The van der Waals surface area contributed by atoms with Crippen LogP contribution in [0.3, 0.4) is 0 Å². The van der Waals surface area contributed by atoms with Crippen molar-refractivity contribution in [1.82, 2.24) is 4.98 Å². The summed E-state index contributed by atoms with van der Waals surface area (Å²) in [6.45, 7) is 2.33. The average molecular weight is 507 g/mol. The molecule has 190 valence electrons. The Morgan fingerprint density at radius 1 is 1.20 bits per heavy atom. The van der Waals surface area contributed by atoms with Gasteiger partial charge in [0.25, 0.3) is 0 Å². The normalized spacial score (nSPS) is 12.9. The highest BCUT2D eigenvalue weighted by atomic mass is 32.1. The number of aliphatic imine (C=N–C) groups is 1. The number of amidine groups is 1. The molecule has 11 heteroatoms. The van der Waals surface area contributed by atoms with Crippen LogP contribution in [0.1, 0.15) is 40.7 Å². The molecule has 0 fully saturated rings. The zero-order chi connectivity index (χ0) is 24.7. The van der Waals surface area contributed by atoms with Crippen LogP contribution in [0.4, 0.5) is 10.1 Å². The fraction of sp³-hybridized carbons (Fsp3) is 0.375. The Morgan fingerprint density at radius 2 is 1.86 bits per heavy atom. The number of nitrogens with zero attached hydrogens (tertiary/aromatic N) is 2. The zero-order valence-electron chi connectivity index (χ0n) is 19.5. The lowest BCUT2D eigenvalue weighted by atomic mass is 9.87. The lowest BCUT2D eigenvalue weighted by molar-refractivity contribution is 0.0703. The van der Waals surface area contributed by atoms with E-state index >= 15 is 0 Å². The number of thiophene rings is 1. The van der Waals surface area contributed by atoms with E-state index in [9.17, 15) is 14.3 Å². The summed E-state index contributed by atoms with van der Waals surface area (Å²) in [5, 5.41) is 30.5. The first-order valence-electron chi connectivity index (χ1n) is 11.1. The molecule has 8 N–H and O–H groups in total. The minimum Gasteiger partial charge on any atom is -0.477 e. The summed E-state index contributed by atoms with van der Waals surface area (Å²) in [7, 11) is 0. The molecule has 0 saturated heterocycles. The average Bonchev–Trinajstić information content (AvgIpc) is 3.20. The van der Waals surface area contributed by atoms with Gasteiger partial charge in [0.15, 0.2) is 0 Å². The Bertz CT molecular complexity index is 1180. The van der Waals surface area contributed by atoms with Gasteiger partial charge in [0.1, 0.15) is 15.5 Å². The summed E-state index contributed by atoms with van der Waals surface area (Å²) in [6, 6.07) is 6.30. The van der Waals surface area contributed by atoms with E-state index in [0.29, 0.717) is 22.9 Å². The number of aromatic carboxylic acids is 1. The van der Waals surface area contributed by atoms with Crippen LogP contribution in [0.25, 0.3) is 21.3 Å². The molecule has 1 aliphatic carbocycles. The largest absolute Gasteiger partial charge is 0.477 e. The van der Waals surface area contributed by atoms with Gasteiger partial charge in [-0.1, -0.05) is 12.1 Å².